The summed E-state index contributed by atoms with van der Waals surface area (Å²) in [5, 5.41) is 4.92. The number of benzene rings is 1. The van der Waals surface area contributed by atoms with Gasteiger partial charge in [-0.2, -0.15) is 4.31 Å². The number of esters is 1. The van der Waals surface area contributed by atoms with Crippen LogP contribution < -0.4 is 10.6 Å². The summed E-state index contributed by atoms with van der Waals surface area (Å²) >= 11 is 0. The average Bonchev–Trinajstić information content (AvgIpc) is 2.67. The van der Waals surface area contributed by atoms with Crippen LogP contribution in [-0.4, -0.2) is 80.4 Å². The van der Waals surface area contributed by atoms with E-state index < -0.39 is 33.5 Å². The van der Waals surface area contributed by atoms with Crippen molar-refractivity contribution < 1.29 is 27.5 Å². The summed E-state index contributed by atoms with van der Waals surface area (Å²) in [4.78, 5) is 37.4. The zero-order valence-electron chi connectivity index (χ0n) is 18.3. The van der Waals surface area contributed by atoms with Crippen LogP contribution in [0.1, 0.15) is 38.1 Å². The standard InChI is InChI=1S/C20H30N4O6S/c1-5-30-18(26)15-6-8-16(9-7-15)31(28,29)24-12-10-23(11-13-24)14-17(25)21-19(27)22-20(2,3)4/h6-9H,5,10-14H2,1-4H3,(H2,21,22,25,27). The number of hydrogen-bond donors (Lipinski definition) is 2. The molecule has 0 aromatic heterocycles. The van der Waals surface area contributed by atoms with Crippen LogP contribution in [0.15, 0.2) is 29.2 Å². The number of piperazine rings is 1. The molecule has 172 valence electrons. The number of imide groups is 1. The quantitative estimate of drug-likeness (QED) is 0.609. The second-order valence-electron chi connectivity index (χ2n) is 8.18. The van der Waals surface area contributed by atoms with Crippen LogP contribution in [0.4, 0.5) is 4.79 Å². The van der Waals surface area contributed by atoms with Crippen LogP contribution >= 0.6 is 0 Å². The highest BCUT2D eigenvalue weighted by molar-refractivity contribution is 7.89. The van der Waals surface area contributed by atoms with Crippen LogP contribution in [0.25, 0.3) is 0 Å². The van der Waals surface area contributed by atoms with Crippen LogP contribution in [0.3, 0.4) is 0 Å². The van der Waals surface area contributed by atoms with Crippen LogP contribution in [0.2, 0.25) is 0 Å². The van der Waals surface area contributed by atoms with E-state index in [4.69, 9.17) is 4.74 Å². The Morgan fingerprint density at radius 3 is 2.13 bits per heavy atom. The zero-order valence-corrected chi connectivity index (χ0v) is 19.1. The Bertz CT molecular complexity index is 901. The van der Waals surface area contributed by atoms with E-state index in [2.05, 4.69) is 10.6 Å². The summed E-state index contributed by atoms with van der Waals surface area (Å²) in [6.07, 6.45) is 0. The van der Waals surface area contributed by atoms with E-state index in [1.165, 1.54) is 28.6 Å². The molecular weight excluding hydrogens is 424 g/mol. The first kappa shape index (κ1) is 24.8. The Labute approximate surface area is 183 Å². The van der Waals surface area contributed by atoms with E-state index in [0.717, 1.165) is 0 Å². The molecule has 31 heavy (non-hydrogen) atoms. The fourth-order valence-corrected chi connectivity index (χ4v) is 4.42. The van der Waals surface area contributed by atoms with Gasteiger partial charge in [0.05, 0.1) is 23.6 Å². The number of hydrogen-bond acceptors (Lipinski definition) is 7. The highest BCUT2D eigenvalue weighted by atomic mass is 32.2. The van der Waals surface area contributed by atoms with E-state index in [1.54, 1.807) is 32.6 Å². The normalized spacial score (nSPS) is 15.9. The molecule has 0 atom stereocenters. The number of ether oxygens (including phenoxy) is 1. The summed E-state index contributed by atoms with van der Waals surface area (Å²) in [5.74, 6) is -0.956. The van der Waals surface area contributed by atoms with E-state index >= 15 is 0 Å². The molecule has 1 fully saturated rings. The van der Waals surface area contributed by atoms with E-state index in [9.17, 15) is 22.8 Å². The van der Waals surface area contributed by atoms with Crippen LogP contribution in [-0.2, 0) is 19.6 Å². The molecule has 11 heteroatoms. The third-order valence-electron chi connectivity index (χ3n) is 4.44. The van der Waals surface area contributed by atoms with E-state index in [1.807, 2.05) is 0 Å². The van der Waals surface area contributed by atoms with Crippen molar-refractivity contribution >= 4 is 27.9 Å². The van der Waals surface area contributed by atoms with Gasteiger partial charge in [0.2, 0.25) is 15.9 Å². The van der Waals surface area contributed by atoms with Gasteiger partial charge in [0.25, 0.3) is 0 Å². The molecule has 1 aromatic carbocycles. The highest BCUT2D eigenvalue weighted by Gasteiger charge is 2.29. The Hall–Kier alpha value is -2.50. The first-order chi connectivity index (χ1) is 14.4. The molecule has 0 saturated carbocycles. The molecule has 10 nitrogen and oxygen atoms in total. The summed E-state index contributed by atoms with van der Waals surface area (Å²) in [6, 6.07) is 5.05. The minimum Gasteiger partial charge on any atom is -0.462 e. The molecule has 0 unspecified atom stereocenters. The molecule has 2 rings (SSSR count). The fraction of sp³-hybridized carbons (Fsp3) is 0.550. The minimum absolute atomic E-state index is 0.000310. The third-order valence-corrected chi connectivity index (χ3v) is 6.36. The Balaban J connectivity index is 1.89. The van der Waals surface area contributed by atoms with Crippen molar-refractivity contribution in [3.05, 3.63) is 29.8 Å². The second kappa shape index (κ2) is 10.2. The number of amides is 3. The Morgan fingerprint density at radius 1 is 1.03 bits per heavy atom. The summed E-state index contributed by atoms with van der Waals surface area (Å²) in [6.45, 7) is 8.49. The molecule has 3 amide bonds. The fourth-order valence-electron chi connectivity index (χ4n) is 3.00. The number of carbonyl (C=O) groups is 3. The number of nitrogens with zero attached hydrogens (tertiary/aromatic N) is 2. The smallest absolute Gasteiger partial charge is 0.338 e. The number of carbonyl (C=O) groups excluding carboxylic acids is 3. The van der Waals surface area contributed by atoms with Gasteiger partial charge in [-0.3, -0.25) is 15.0 Å². The van der Waals surface area contributed by atoms with Crippen molar-refractivity contribution in [3.63, 3.8) is 0 Å². The van der Waals surface area contributed by atoms with Crippen molar-refractivity contribution in [2.24, 2.45) is 0 Å². The van der Waals surface area contributed by atoms with Crippen LogP contribution in [0, 0.1) is 0 Å². The van der Waals surface area contributed by atoms with Gasteiger partial charge in [-0.1, -0.05) is 0 Å². The predicted molar refractivity (Wildman–Crippen MR) is 114 cm³/mol. The molecule has 0 aliphatic carbocycles. The van der Waals surface area contributed by atoms with Crippen molar-refractivity contribution in [1.82, 2.24) is 19.8 Å². The van der Waals surface area contributed by atoms with Gasteiger partial charge in [0.1, 0.15) is 0 Å². The average molecular weight is 455 g/mol. The molecule has 0 radical (unpaired) electrons. The van der Waals surface area contributed by atoms with Gasteiger partial charge >= 0.3 is 12.0 Å². The lowest BCUT2D eigenvalue weighted by molar-refractivity contribution is -0.121. The molecule has 1 aromatic rings. The minimum atomic E-state index is -3.72. The van der Waals surface area contributed by atoms with Crippen molar-refractivity contribution in [2.75, 3.05) is 39.3 Å². The number of sulfonamides is 1. The maximum absolute atomic E-state index is 12.9. The molecule has 0 spiro atoms. The van der Waals surface area contributed by atoms with Gasteiger partial charge < -0.3 is 10.1 Å². The monoisotopic (exact) mass is 454 g/mol. The van der Waals surface area contributed by atoms with Crippen molar-refractivity contribution in [1.29, 1.82) is 0 Å². The van der Waals surface area contributed by atoms with Gasteiger partial charge in [-0.05, 0) is 52.0 Å². The molecule has 1 heterocycles. The lowest BCUT2D eigenvalue weighted by atomic mass is 10.1. The second-order valence-corrected chi connectivity index (χ2v) is 10.1. The Morgan fingerprint density at radius 2 is 1.61 bits per heavy atom. The van der Waals surface area contributed by atoms with Crippen molar-refractivity contribution in [3.8, 4) is 0 Å². The molecular formula is C20H30N4O6S. The predicted octanol–water partition coefficient (Wildman–Crippen LogP) is 0.794. The summed E-state index contributed by atoms with van der Waals surface area (Å²) in [7, 11) is -3.72. The number of nitrogens with one attached hydrogen (secondary N) is 2. The first-order valence-corrected chi connectivity index (χ1v) is 11.5. The Kier molecular flexibility index (Phi) is 8.15. The first-order valence-electron chi connectivity index (χ1n) is 10.0. The maximum Gasteiger partial charge on any atom is 0.338 e. The highest BCUT2D eigenvalue weighted by Crippen LogP contribution is 2.18. The van der Waals surface area contributed by atoms with Gasteiger partial charge in [-0.15, -0.1) is 0 Å². The molecule has 2 N–H and O–H groups in total. The molecule has 1 aliphatic heterocycles. The maximum atomic E-state index is 12.9. The zero-order chi connectivity index (χ0) is 23.2. The van der Waals surface area contributed by atoms with Crippen LogP contribution in [0.5, 0.6) is 0 Å². The largest absolute Gasteiger partial charge is 0.462 e. The van der Waals surface area contributed by atoms with Gasteiger partial charge in [0, 0.05) is 31.7 Å². The molecule has 1 aliphatic rings. The molecule has 1 saturated heterocycles. The summed E-state index contributed by atoms with van der Waals surface area (Å²) in [5.41, 5.74) is -0.175. The van der Waals surface area contributed by atoms with E-state index in [-0.39, 0.29) is 36.7 Å². The SMILES string of the molecule is CCOC(=O)c1ccc(S(=O)(=O)N2CCN(CC(=O)NC(=O)NC(C)(C)C)CC2)cc1. The lowest BCUT2D eigenvalue weighted by Gasteiger charge is -2.33. The van der Waals surface area contributed by atoms with Crippen molar-refractivity contribution in [2.45, 2.75) is 38.1 Å². The molecule has 0 bridgehead atoms. The number of urea groups is 1. The third kappa shape index (κ3) is 7.30. The lowest BCUT2D eigenvalue weighted by Crippen LogP contribution is -2.53. The number of rotatable bonds is 6. The summed E-state index contributed by atoms with van der Waals surface area (Å²) < 4.78 is 32.0. The van der Waals surface area contributed by atoms with E-state index in [0.29, 0.717) is 13.1 Å². The van der Waals surface area contributed by atoms with Gasteiger partial charge in [0.15, 0.2) is 0 Å². The topological polar surface area (TPSA) is 125 Å². The van der Waals surface area contributed by atoms with Gasteiger partial charge in [-0.25, -0.2) is 18.0 Å².